The van der Waals surface area contributed by atoms with E-state index in [9.17, 15) is 4.79 Å². The molecule has 0 aromatic rings. The molecule has 0 spiro atoms. The van der Waals surface area contributed by atoms with Gasteiger partial charge in [0, 0.05) is 32.4 Å². The molecule has 0 radical (unpaired) electrons. The summed E-state index contributed by atoms with van der Waals surface area (Å²) in [6.07, 6.45) is 2.68. The van der Waals surface area contributed by atoms with Crippen molar-refractivity contribution in [1.82, 2.24) is 9.80 Å². The van der Waals surface area contributed by atoms with Gasteiger partial charge in [-0.05, 0) is 23.0 Å². The predicted molar refractivity (Wildman–Crippen MR) is 52.1 cm³/mol. The quantitative estimate of drug-likeness (QED) is 0.517. The van der Waals surface area contributed by atoms with E-state index in [1.807, 2.05) is 6.20 Å². The molecule has 1 saturated heterocycles. The summed E-state index contributed by atoms with van der Waals surface area (Å²) in [6, 6.07) is 0. The molecule has 0 atom stereocenters. The molecular formula is C8H13BrN2O. The van der Waals surface area contributed by atoms with Crippen LogP contribution in [0.5, 0.6) is 0 Å². The lowest BCUT2D eigenvalue weighted by molar-refractivity contribution is -0.104. The molecule has 68 valence electrons. The molecule has 1 heterocycles. The lowest BCUT2D eigenvalue weighted by atomic mass is 10.3. The highest BCUT2D eigenvalue weighted by molar-refractivity contribution is 9.12. The van der Waals surface area contributed by atoms with E-state index in [4.69, 9.17) is 0 Å². The number of carbonyl (C=O) groups is 1. The molecule has 12 heavy (non-hydrogen) atoms. The maximum Gasteiger partial charge on any atom is 0.158 e. The molecule has 1 aliphatic rings. The van der Waals surface area contributed by atoms with Gasteiger partial charge in [-0.3, -0.25) is 4.79 Å². The third-order valence-electron chi connectivity index (χ3n) is 1.96. The van der Waals surface area contributed by atoms with Crippen LogP contribution in [0, 0.1) is 0 Å². The molecule has 3 nitrogen and oxygen atoms in total. The van der Waals surface area contributed by atoms with Gasteiger partial charge >= 0.3 is 0 Å². The van der Waals surface area contributed by atoms with E-state index < -0.39 is 0 Å². The molecule has 1 aliphatic heterocycles. The van der Waals surface area contributed by atoms with E-state index in [0.29, 0.717) is 4.48 Å². The number of piperazine rings is 1. The average Bonchev–Trinajstić information content (AvgIpc) is 2.09. The van der Waals surface area contributed by atoms with Crippen molar-refractivity contribution in [1.29, 1.82) is 0 Å². The molecule has 1 fully saturated rings. The van der Waals surface area contributed by atoms with Crippen LogP contribution in [-0.4, -0.2) is 49.3 Å². The van der Waals surface area contributed by atoms with E-state index in [0.717, 1.165) is 32.5 Å². The van der Waals surface area contributed by atoms with Crippen molar-refractivity contribution in [3.8, 4) is 0 Å². The molecule has 0 aromatic carbocycles. The molecule has 0 bridgehead atoms. The number of halogens is 1. The number of nitrogens with zero attached hydrogens (tertiary/aromatic N) is 2. The molecule has 0 aromatic heterocycles. The monoisotopic (exact) mass is 232 g/mol. The molecule has 1 rings (SSSR count). The van der Waals surface area contributed by atoms with Crippen LogP contribution in [-0.2, 0) is 4.79 Å². The van der Waals surface area contributed by atoms with E-state index >= 15 is 0 Å². The Kier molecular flexibility index (Phi) is 3.75. The predicted octanol–water partition coefficient (Wildman–Crippen LogP) is 0.669. The third-order valence-corrected chi connectivity index (χ3v) is 2.35. The van der Waals surface area contributed by atoms with Crippen LogP contribution in [0.1, 0.15) is 0 Å². The molecular weight excluding hydrogens is 220 g/mol. The topological polar surface area (TPSA) is 23.6 Å². The molecule has 4 heteroatoms. The second kappa shape index (κ2) is 4.62. The Morgan fingerprint density at radius 1 is 1.33 bits per heavy atom. The minimum Gasteiger partial charge on any atom is -0.374 e. The maximum atomic E-state index is 10.3. The van der Waals surface area contributed by atoms with Gasteiger partial charge in [-0.2, -0.15) is 0 Å². The maximum absolute atomic E-state index is 10.3. The summed E-state index contributed by atoms with van der Waals surface area (Å²) in [6.45, 7) is 4.13. The summed E-state index contributed by atoms with van der Waals surface area (Å²) in [5.74, 6) is 0. The summed E-state index contributed by atoms with van der Waals surface area (Å²) in [7, 11) is 2.11. The highest BCUT2D eigenvalue weighted by atomic mass is 79.9. The third kappa shape index (κ3) is 2.95. The number of allylic oxidation sites excluding steroid dienone is 1. The fourth-order valence-corrected chi connectivity index (χ4v) is 1.45. The van der Waals surface area contributed by atoms with E-state index in [2.05, 4.69) is 32.8 Å². The van der Waals surface area contributed by atoms with Crippen molar-refractivity contribution in [2.24, 2.45) is 0 Å². The number of aldehydes is 1. The normalized spacial score (nSPS) is 21.2. The second-order valence-corrected chi connectivity index (χ2v) is 3.89. The Bertz CT molecular complexity index is 185. The lowest BCUT2D eigenvalue weighted by Gasteiger charge is -2.31. The lowest BCUT2D eigenvalue weighted by Crippen LogP contribution is -2.41. The Morgan fingerprint density at radius 2 is 1.92 bits per heavy atom. The zero-order valence-corrected chi connectivity index (χ0v) is 8.75. The number of carbonyl (C=O) groups excluding carboxylic acids is 1. The van der Waals surface area contributed by atoms with Gasteiger partial charge in [0.2, 0.25) is 0 Å². The molecule has 0 unspecified atom stereocenters. The van der Waals surface area contributed by atoms with Gasteiger partial charge in [-0.15, -0.1) is 0 Å². The Morgan fingerprint density at radius 3 is 2.42 bits per heavy atom. The largest absolute Gasteiger partial charge is 0.374 e. The first-order valence-electron chi connectivity index (χ1n) is 3.97. The number of rotatable bonds is 2. The molecule has 0 N–H and O–H groups in total. The van der Waals surface area contributed by atoms with Crippen LogP contribution in [0.2, 0.25) is 0 Å². The fourth-order valence-electron chi connectivity index (χ4n) is 1.16. The number of hydrogen-bond acceptors (Lipinski definition) is 3. The van der Waals surface area contributed by atoms with Gasteiger partial charge in [-0.25, -0.2) is 0 Å². The van der Waals surface area contributed by atoms with Crippen molar-refractivity contribution < 1.29 is 4.79 Å². The average molecular weight is 233 g/mol. The summed E-state index contributed by atoms with van der Waals surface area (Å²) in [5, 5.41) is 0. The standard InChI is InChI=1S/C8H13BrN2O/c1-10-2-4-11(5-3-10)6-8(9)7-12/h6-7H,2-5H2,1H3/b8-6-. The summed E-state index contributed by atoms with van der Waals surface area (Å²) in [4.78, 5) is 14.7. The highest BCUT2D eigenvalue weighted by Gasteiger charge is 2.10. The molecule has 0 aliphatic carbocycles. The van der Waals surface area contributed by atoms with Crippen LogP contribution in [0.3, 0.4) is 0 Å². The fraction of sp³-hybridized carbons (Fsp3) is 0.625. The summed E-state index contributed by atoms with van der Waals surface area (Å²) in [5.41, 5.74) is 0. The first kappa shape index (κ1) is 9.74. The molecule has 0 saturated carbocycles. The van der Waals surface area contributed by atoms with Gasteiger partial charge in [0.1, 0.15) is 0 Å². The van der Waals surface area contributed by atoms with E-state index in [1.54, 1.807) is 0 Å². The van der Waals surface area contributed by atoms with Gasteiger partial charge in [0.15, 0.2) is 6.29 Å². The highest BCUT2D eigenvalue weighted by Crippen LogP contribution is 2.06. The van der Waals surface area contributed by atoms with Crippen LogP contribution in [0.4, 0.5) is 0 Å². The summed E-state index contributed by atoms with van der Waals surface area (Å²) >= 11 is 3.17. The van der Waals surface area contributed by atoms with Crippen LogP contribution < -0.4 is 0 Å². The Balaban J connectivity index is 2.40. The van der Waals surface area contributed by atoms with Crippen LogP contribution >= 0.6 is 15.9 Å². The first-order chi connectivity index (χ1) is 5.72. The SMILES string of the molecule is CN1CCN(/C=C(\Br)C=O)CC1. The van der Waals surface area contributed by atoms with Crippen molar-refractivity contribution in [3.05, 3.63) is 10.7 Å². The van der Waals surface area contributed by atoms with Crippen LogP contribution in [0.25, 0.3) is 0 Å². The van der Waals surface area contributed by atoms with Crippen LogP contribution in [0.15, 0.2) is 10.7 Å². The van der Waals surface area contributed by atoms with Gasteiger partial charge < -0.3 is 9.80 Å². The van der Waals surface area contributed by atoms with Gasteiger partial charge in [0.25, 0.3) is 0 Å². The second-order valence-electron chi connectivity index (χ2n) is 2.97. The first-order valence-corrected chi connectivity index (χ1v) is 4.77. The minimum atomic E-state index is 0.618. The zero-order valence-electron chi connectivity index (χ0n) is 7.16. The number of hydrogen-bond donors (Lipinski definition) is 0. The summed E-state index contributed by atoms with van der Waals surface area (Å²) < 4.78 is 0.618. The Labute approximate surface area is 81.1 Å². The van der Waals surface area contributed by atoms with Crippen molar-refractivity contribution >= 4 is 22.2 Å². The Hall–Kier alpha value is -0.350. The van der Waals surface area contributed by atoms with E-state index in [-0.39, 0.29) is 0 Å². The van der Waals surface area contributed by atoms with Crippen molar-refractivity contribution in [2.45, 2.75) is 0 Å². The molecule has 0 amide bonds. The van der Waals surface area contributed by atoms with E-state index in [1.165, 1.54) is 0 Å². The van der Waals surface area contributed by atoms with Crippen molar-refractivity contribution in [2.75, 3.05) is 33.2 Å². The van der Waals surface area contributed by atoms with Gasteiger partial charge in [-0.1, -0.05) is 0 Å². The smallest absolute Gasteiger partial charge is 0.158 e. The van der Waals surface area contributed by atoms with Crippen molar-refractivity contribution in [3.63, 3.8) is 0 Å². The number of likely N-dealkylation sites (N-methyl/N-ethyl adjacent to an activating group) is 1. The van der Waals surface area contributed by atoms with Gasteiger partial charge in [0.05, 0.1) is 4.48 Å². The zero-order chi connectivity index (χ0) is 8.97. The minimum absolute atomic E-state index is 0.618.